The lowest BCUT2D eigenvalue weighted by Crippen LogP contribution is -2.20. The molecule has 0 aliphatic heterocycles. The molecule has 0 amide bonds. The number of ether oxygens (including phenoxy) is 3. The number of esters is 1. The Kier molecular flexibility index (Phi) is 8.43. The number of rotatable bonds is 9. The van der Waals surface area contributed by atoms with Gasteiger partial charge in [0.15, 0.2) is 6.29 Å². The van der Waals surface area contributed by atoms with Gasteiger partial charge in [0, 0.05) is 0 Å². The Morgan fingerprint density at radius 3 is 2.58 bits per heavy atom. The van der Waals surface area contributed by atoms with Gasteiger partial charge in [0.25, 0.3) is 0 Å². The van der Waals surface area contributed by atoms with Crippen LogP contribution in [0.25, 0.3) is 0 Å². The van der Waals surface area contributed by atoms with E-state index in [-0.39, 0.29) is 5.97 Å². The summed E-state index contributed by atoms with van der Waals surface area (Å²) in [6, 6.07) is 5.75. The summed E-state index contributed by atoms with van der Waals surface area (Å²) in [5.41, 5.74) is 1.58. The summed E-state index contributed by atoms with van der Waals surface area (Å²) in [7, 11) is 1.39. The van der Waals surface area contributed by atoms with E-state index in [0.29, 0.717) is 23.8 Å². The van der Waals surface area contributed by atoms with Crippen molar-refractivity contribution >= 4 is 5.97 Å². The maximum atomic E-state index is 12.2. The van der Waals surface area contributed by atoms with Gasteiger partial charge < -0.3 is 14.2 Å². The summed E-state index contributed by atoms with van der Waals surface area (Å²) in [5, 5.41) is 0. The molecule has 0 saturated heterocycles. The number of methoxy groups -OCH3 is 1. The molecule has 0 aromatic heterocycles. The molecule has 2 rings (SSSR count). The molecule has 26 heavy (non-hydrogen) atoms. The van der Waals surface area contributed by atoms with Crippen molar-refractivity contribution in [3.05, 3.63) is 29.3 Å². The second kappa shape index (κ2) is 10.6. The van der Waals surface area contributed by atoms with Crippen LogP contribution < -0.4 is 4.74 Å². The second-order valence-electron chi connectivity index (χ2n) is 7.41. The average molecular weight is 363 g/mol. The fourth-order valence-corrected chi connectivity index (χ4v) is 3.55. The van der Waals surface area contributed by atoms with Crippen molar-refractivity contribution in [1.29, 1.82) is 0 Å². The number of hydrogen-bond acceptors (Lipinski definition) is 4. The first-order chi connectivity index (χ1) is 12.5. The van der Waals surface area contributed by atoms with Crippen LogP contribution in [0.2, 0.25) is 0 Å². The van der Waals surface area contributed by atoms with Crippen LogP contribution >= 0.6 is 0 Å². The molecular weight excluding hydrogens is 328 g/mol. The molecule has 146 valence electrons. The standard InChI is InChI=1S/C22H34O4/c1-5-16(2)19-11-12-21(20(15-19)22(23)24-4)26-17(3)25-14-13-18-9-7-6-8-10-18/h11-12,15-18H,5-10,13-14H2,1-4H3. The lowest BCUT2D eigenvalue weighted by atomic mass is 9.87. The molecule has 2 unspecified atom stereocenters. The first-order valence-corrected chi connectivity index (χ1v) is 10.1. The highest BCUT2D eigenvalue weighted by Crippen LogP contribution is 2.28. The third-order valence-electron chi connectivity index (χ3n) is 5.49. The zero-order valence-corrected chi connectivity index (χ0v) is 16.8. The zero-order valence-electron chi connectivity index (χ0n) is 16.8. The Bertz CT molecular complexity index is 563. The molecule has 4 nitrogen and oxygen atoms in total. The van der Waals surface area contributed by atoms with Crippen molar-refractivity contribution in [1.82, 2.24) is 0 Å². The Balaban J connectivity index is 1.94. The molecule has 2 atom stereocenters. The van der Waals surface area contributed by atoms with Crippen LogP contribution in [0.3, 0.4) is 0 Å². The topological polar surface area (TPSA) is 44.8 Å². The summed E-state index contributed by atoms with van der Waals surface area (Å²) >= 11 is 0. The smallest absolute Gasteiger partial charge is 0.341 e. The van der Waals surface area contributed by atoms with Crippen molar-refractivity contribution in [3.63, 3.8) is 0 Å². The van der Waals surface area contributed by atoms with Gasteiger partial charge in [0.1, 0.15) is 11.3 Å². The summed E-state index contributed by atoms with van der Waals surface area (Å²) in [6.45, 7) is 6.86. The third kappa shape index (κ3) is 6.01. The van der Waals surface area contributed by atoms with Gasteiger partial charge in [-0.2, -0.15) is 0 Å². The molecule has 1 saturated carbocycles. The number of benzene rings is 1. The van der Waals surface area contributed by atoms with E-state index in [9.17, 15) is 4.79 Å². The first-order valence-electron chi connectivity index (χ1n) is 10.1. The van der Waals surface area contributed by atoms with Crippen molar-refractivity contribution in [2.45, 2.75) is 77.9 Å². The highest BCUT2D eigenvalue weighted by molar-refractivity contribution is 5.92. The van der Waals surface area contributed by atoms with E-state index in [1.54, 1.807) is 0 Å². The van der Waals surface area contributed by atoms with Crippen LogP contribution in [0, 0.1) is 5.92 Å². The van der Waals surface area contributed by atoms with Gasteiger partial charge in [-0.25, -0.2) is 4.79 Å². The Hall–Kier alpha value is -1.55. The maximum absolute atomic E-state index is 12.2. The van der Waals surface area contributed by atoms with E-state index < -0.39 is 6.29 Å². The van der Waals surface area contributed by atoms with Crippen LogP contribution in [0.15, 0.2) is 18.2 Å². The van der Waals surface area contributed by atoms with Gasteiger partial charge in [0.05, 0.1) is 13.7 Å². The summed E-state index contributed by atoms with van der Waals surface area (Å²) in [6.07, 6.45) is 8.43. The summed E-state index contributed by atoms with van der Waals surface area (Å²) < 4.78 is 16.7. The monoisotopic (exact) mass is 362 g/mol. The Morgan fingerprint density at radius 2 is 1.92 bits per heavy atom. The Labute approximate surface area is 158 Å². The van der Waals surface area contributed by atoms with Gasteiger partial charge >= 0.3 is 5.97 Å². The normalized spacial score (nSPS) is 17.5. The van der Waals surface area contributed by atoms with E-state index in [1.165, 1.54) is 39.2 Å². The van der Waals surface area contributed by atoms with Crippen molar-refractivity contribution in [2.24, 2.45) is 5.92 Å². The number of carbonyl (C=O) groups excluding carboxylic acids is 1. The van der Waals surface area contributed by atoms with E-state index in [2.05, 4.69) is 13.8 Å². The molecule has 0 spiro atoms. The molecule has 0 bridgehead atoms. The first kappa shape index (κ1) is 20.8. The summed E-state index contributed by atoms with van der Waals surface area (Å²) in [4.78, 5) is 12.2. The van der Waals surface area contributed by atoms with Crippen LogP contribution in [-0.4, -0.2) is 26.0 Å². The molecule has 1 fully saturated rings. The van der Waals surface area contributed by atoms with Crippen molar-refractivity contribution < 1.29 is 19.0 Å². The number of carbonyl (C=O) groups is 1. The zero-order chi connectivity index (χ0) is 18.9. The van der Waals surface area contributed by atoms with Crippen LogP contribution in [-0.2, 0) is 9.47 Å². The van der Waals surface area contributed by atoms with Gasteiger partial charge in [-0.3, -0.25) is 0 Å². The minimum atomic E-state index is -0.392. The van der Waals surface area contributed by atoms with Crippen molar-refractivity contribution in [2.75, 3.05) is 13.7 Å². The quantitative estimate of drug-likeness (QED) is 0.417. The van der Waals surface area contributed by atoms with Gasteiger partial charge in [-0.15, -0.1) is 0 Å². The predicted octanol–water partition coefficient (Wildman–Crippen LogP) is 5.70. The second-order valence-corrected chi connectivity index (χ2v) is 7.41. The minimum absolute atomic E-state index is 0.375. The SMILES string of the molecule is CCC(C)c1ccc(OC(C)OCCC2CCCCC2)c(C(=O)OC)c1. The highest BCUT2D eigenvalue weighted by Gasteiger charge is 2.18. The third-order valence-corrected chi connectivity index (χ3v) is 5.49. The molecular formula is C22H34O4. The van der Waals surface area contributed by atoms with E-state index in [0.717, 1.165) is 24.3 Å². The van der Waals surface area contributed by atoms with Crippen LogP contribution in [0.1, 0.15) is 87.6 Å². The fraction of sp³-hybridized carbons (Fsp3) is 0.682. The van der Waals surface area contributed by atoms with E-state index in [4.69, 9.17) is 14.2 Å². The molecule has 1 aromatic carbocycles. The molecule has 0 radical (unpaired) electrons. The number of hydrogen-bond donors (Lipinski definition) is 0. The highest BCUT2D eigenvalue weighted by atomic mass is 16.7. The molecule has 0 N–H and O–H groups in total. The van der Waals surface area contributed by atoms with Crippen molar-refractivity contribution in [3.8, 4) is 5.75 Å². The molecule has 1 aliphatic carbocycles. The molecule has 0 heterocycles. The van der Waals surface area contributed by atoms with Crippen LogP contribution in [0.5, 0.6) is 5.75 Å². The molecule has 1 aliphatic rings. The van der Waals surface area contributed by atoms with Crippen LogP contribution in [0.4, 0.5) is 0 Å². The molecule has 1 aromatic rings. The summed E-state index contributed by atoms with van der Waals surface area (Å²) in [5.74, 6) is 1.32. The maximum Gasteiger partial charge on any atom is 0.341 e. The fourth-order valence-electron chi connectivity index (χ4n) is 3.55. The van der Waals surface area contributed by atoms with E-state index in [1.807, 2.05) is 25.1 Å². The van der Waals surface area contributed by atoms with Gasteiger partial charge in [-0.05, 0) is 49.3 Å². The van der Waals surface area contributed by atoms with Gasteiger partial charge in [0.2, 0.25) is 0 Å². The lowest BCUT2D eigenvalue weighted by molar-refractivity contribution is -0.0714. The van der Waals surface area contributed by atoms with E-state index >= 15 is 0 Å². The largest absolute Gasteiger partial charge is 0.465 e. The van der Waals surface area contributed by atoms with Gasteiger partial charge in [-0.1, -0.05) is 52.0 Å². The predicted molar refractivity (Wildman–Crippen MR) is 104 cm³/mol. The lowest BCUT2D eigenvalue weighted by Gasteiger charge is -2.23. The average Bonchev–Trinajstić information content (AvgIpc) is 2.67. The minimum Gasteiger partial charge on any atom is -0.465 e. The molecule has 4 heteroatoms. The Morgan fingerprint density at radius 1 is 1.19 bits per heavy atom.